The highest BCUT2D eigenvalue weighted by Crippen LogP contribution is 2.19. The Labute approximate surface area is 74.1 Å². The Balaban J connectivity index is 3.23. The highest BCUT2D eigenvalue weighted by molar-refractivity contribution is 7.99. The van der Waals surface area contributed by atoms with Gasteiger partial charge in [0.05, 0.1) is 6.61 Å². The molecule has 0 aliphatic carbocycles. The van der Waals surface area contributed by atoms with E-state index in [0.717, 1.165) is 19.7 Å². The molecular weight excluding hydrogens is 158 g/mol. The average molecular weight is 177 g/mol. The lowest BCUT2D eigenvalue weighted by Gasteiger charge is -2.22. The van der Waals surface area contributed by atoms with Crippen molar-refractivity contribution in [3.8, 4) is 0 Å². The van der Waals surface area contributed by atoms with Gasteiger partial charge >= 0.3 is 0 Å². The molecule has 0 unspecified atom stereocenters. The van der Waals surface area contributed by atoms with Crippen molar-refractivity contribution in [1.82, 2.24) is 5.32 Å². The van der Waals surface area contributed by atoms with Gasteiger partial charge in [-0.2, -0.15) is 11.8 Å². The smallest absolute Gasteiger partial charge is 0.0587 e. The molecule has 11 heavy (non-hydrogen) atoms. The minimum atomic E-state index is 0.341. The number of rotatable bonds is 6. The van der Waals surface area contributed by atoms with Crippen LogP contribution in [0.5, 0.6) is 0 Å². The molecule has 0 bridgehead atoms. The first-order valence-corrected chi connectivity index (χ1v) is 5.09. The zero-order valence-electron chi connectivity index (χ0n) is 7.94. The van der Waals surface area contributed by atoms with Crippen LogP contribution in [-0.4, -0.2) is 37.8 Å². The first-order valence-electron chi connectivity index (χ1n) is 3.87. The maximum absolute atomic E-state index is 4.92. The molecule has 0 saturated carbocycles. The largest absolute Gasteiger partial charge is 0.383 e. The van der Waals surface area contributed by atoms with E-state index in [4.69, 9.17) is 4.74 Å². The Morgan fingerprint density at radius 2 is 2.09 bits per heavy atom. The van der Waals surface area contributed by atoms with Gasteiger partial charge in [-0.1, -0.05) is 0 Å². The van der Waals surface area contributed by atoms with Crippen molar-refractivity contribution in [3.05, 3.63) is 0 Å². The van der Waals surface area contributed by atoms with Crippen LogP contribution in [0.4, 0.5) is 0 Å². The maximum Gasteiger partial charge on any atom is 0.0587 e. The molecule has 1 N–H and O–H groups in total. The third-order valence-corrected chi connectivity index (χ3v) is 2.84. The summed E-state index contributed by atoms with van der Waals surface area (Å²) in [6.07, 6.45) is 2.14. The van der Waals surface area contributed by atoms with Gasteiger partial charge in [-0.25, -0.2) is 0 Å². The number of thioether (sulfide) groups is 1. The highest BCUT2D eigenvalue weighted by Gasteiger charge is 2.14. The lowest BCUT2D eigenvalue weighted by atomic mass is 10.2. The third-order valence-electron chi connectivity index (χ3n) is 1.59. The second kappa shape index (κ2) is 5.86. The molecule has 0 aliphatic rings. The minimum Gasteiger partial charge on any atom is -0.383 e. The molecule has 0 spiro atoms. The van der Waals surface area contributed by atoms with Gasteiger partial charge in [0.15, 0.2) is 0 Å². The summed E-state index contributed by atoms with van der Waals surface area (Å²) in [6.45, 7) is 7.25. The van der Waals surface area contributed by atoms with Crippen molar-refractivity contribution >= 4 is 11.8 Å². The number of hydrogen-bond acceptors (Lipinski definition) is 3. The van der Waals surface area contributed by atoms with E-state index in [9.17, 15) is 0 Å². The van der Waals surface area contributed by atoms with Crippen LogP contribution in [0, 0.1) is 0 Å². The number of methoxy groups -OCH3 is 1. The van der Waals surface area contributed by atoms with E-state index >= 15 is 0 Å². The molecule has 0 radical (unpaired) electrons. The van der Waals surface area contributed by atoms with Crippen LogP contribution in [0.2, 0.25) is 0 Å². The van der Waals surface area contributed by atoms with Crippen LogP contribution in [-0.2, 0) is 4.74 Å². The first kappa shape index (κ1) is 11.3. The summed E-state index contributed by atoms with van der Waals surface area (Å²) in [5, 5.41) is 3.33. The van der Waals surface area contributed by atoms with E-state index in [-0.39, 0.29) is 0 Å². The Bertz CT molecular complexity index is 96.1. The molecule has 2 nitrogen and oxygen atoms in total. The molecule has 0 aromatic carbocycles. The molecule has 0 amide bonds. The van der Waals surface area contributed by atoms with Crippen molar-refractivity contribution < 1.29 is 4.74 Å². The fraction of sp³-hybridized carbons (Fsp3) is 1.00. The molecule has 3 heteroatoms. The van der Waals surface area contributed by atoms with E-state index in [1.807, 2.05) is 11.8 Å². The summed E-state index contributed by atoms with van der Waals surface area (Å²) < 4.78 is 5.26. The highest BCUT2D eigenvalue weighted by atomic mass is 32.2. The molecule has 0 rings (SSSR count). The zero-order valence-corrected chi connectivity index (χ0v) is 8.75. The van der Waals surface area contributed by atoms with Crippen LogP contribution in [0.1, 0.15) is 13.8 Å². The van der Waals surface area contributed by atoms with Crippen molar-refractivity contribution in [2.75, 3.05) is 33.1 Å². The van der Waals surface area contributed by atoms with Gasteiger partial charge in [-0.15, -0.1) is 0 Å². The first-order chi connectivity index (χ1) is 5.12. The fourth-order valence-electron chi connectivity index (χ4n) is 0.636. The molecule has 0 heterocycles. The molecule has 0 saturated heterocycles. The van der Waals surface area contributed by atoms with E-state index in [1.165, 1.54) is 0 Å². The van der Waals surface area contributed by atoms with Crippen molar-refractivity contribution in [3.63, 3.8) is 0 Å². The summed E-state index contributed by atoms with van der Waals surface area (Å²) in [5.74, 6) is 0. The summed E-state index contributed by atoms with van der Waals surface area (Å²) >= 11 is 1.88. The number of nitrogens with one attached hydrogen (secondary N) is 1. The van der Waals surface area contributed by atoms with Gasteiger partial charge in [0, 0.05) is 24.9 Å². The van der Waals surface area contributed by atoms with Crippen LogP contribution in [0.3, 0.4) is 0 Å². The lowest BCUT2D eigenvalue weighted by Crippen LogP contribution is -2.33. The van der Waals surface area contributed by atoms with E-state index < -0.39 is 0 Å². The van der Waals surface area contributed by atoms with Gasteiger partial charge in [0.1, 0.15) is 0 Å². The predicted molar refractivity (Wildman–Crippen MR) is 52.3 cm³/mol. The summed E-state index contributed by atoms with van der Waals surface area (Å²) in [7, 11) is 1.72. The Kier molecular flexibility index (Phi) is 6.01. The van der Waals surface area contributed by atoms with Gasteiger partial charge in [0.2, 0.25) is 0 Å². The maximum atomic E-state index is 4.92. The molecule has 0 aromatic rings. The second-order valence-corrected chi connectivity index (χ2v) is 4.65. The SMILES string of the molecule is COCCNCC(C)(C)SC. The number of hydrogen-bond donors (Lipinski definition) is 1. The molecule has 0 atom stereocenters. The Morgan fingerprint density at radius 3 is 2.55 bits per heavy atom. The van der Waals surface area contributed by atoms with Crippen LogP contribution < -0.4 is 5.32 Å². The molecule has 0 aromatic heterocycles. The normalized spacial score (nSPS) is 12.0. The topological polar surface area (TPSA) is 21.3 Å². The van der Waals surface area contributed by atoms with Crippen molar-refractivity contribution in [2.24, 2.45) is 0 Å². The van der Waals surface area contributed by atoms with E-state index in [0.29, 0.717) is 4.75 Å². The lowest BCUT2D eigenvalue weighted by molar-refractivity contribution is 0.199. The Morgan fingerprint density at radius 1 is 1.45 bits per heavy atom. The van der Waals surface area contributed by atoms with Crippen LogP contribution in [0.15, 0.2) is 0 Å². The predicted octanol–water partition coefficient (Wildman–Crippen LogP) is 1.36. The molecular formula is C8H19NOS. The molecule has 0 fully saturated rings. The van der Waals surface area contributed by atoms with Crippen LogP contribution >= 0.6 is 11.8 Å². The quantitative estimate of drug-likeness (QED) is 0.619. The van der Waals surface area contributed by atoms with Gasteiger partial charge < -0.3 is 10.1 Å². The summed E-state index contributed by atoms with van der Waals surface area (Å²) in [5.41, 5.74) is 0. The number of ether oxygens (including phenoxy) is 1. The van der Waals surface area contributed by atoms with Crippen molar-refractivity contribution in [2.45, 2.75) is 18.6 Å². The summed E-state index contributed by atoms with van der Waals surface area (Å²) in [6, 6.07) is 0. The van der Waals surface area contributed by atoms with Crippen molar-refractivity contribution in [1.29, 1.82) is 0 Å². The van der Waals surface area contributed by atoms with E-state index in [2.05, 4.69) is 25.4 Å². The zero-order chi connectivity index (χ0) is 8.74. The monoisotopic (exact) mass is 177 g/mol. The molecule has 68 valence electrons. The standard InChI is InChI=1S/C8H19NOS/c1-8(2,11-4)7-9-5-6-10-3/h9H,5-7H2,1-4H3. The third kappa shape index (κ3) is 6.66. The van der Waals surface area contributed by atoms with Gasteiger partial charge in [-0.05, 0) is 20.1 Å². The minimum absolute atomic E-state index is 0.341. The second-order valence-electron chi connectivity index (χ2n) is 3.13. The molecule has 0 aliphatic heterocycles. The van der Waals surface area contributed by atoms with E-state index in [1.54, 1.807) is 7.11 Å². The Hall–Kier alpha value is 0.270. The van der Waals surface area contributed by atoms with Crippen LogP contribution in [0.25, 0.3) is 0 Å². The van der Waals surface area contributed by atoms with Gasteiger partial charge in [-0.3, -0.25) is 0 Å². The van der Waals surface area contributed by atoms with Gasteiger partial charge in [0.25, 0.3) is 0 Å². The summed E-state index contributed by atoms with van der Waals surface area (Å²) in [4.78, 5) is 0. The average Bonchev–Trinajstić information content (AvgIpc) is 1.99. The fourth-order valence-corrected chi connectivity index (χ4v) is 0.882.